The summed E-state index contributed by atoms with van der Waals surface area (Å²) in [5, 5.41) is 13.7. The van der Waals surface area contributed by atoms with E-state index in [0.717, 1.165) is 17.5 Å². The van der Waals surface area contributed by atoms with E-state index < -0.39 is 56.3 Å². The van der Waals surface area contributed by atoms with Gasteiger partial charge in [-0.05, 0) is 107 Å². The van der Waals surface area contributed by atoms with Gasteiger partial charge in [-0.3, -0.25) is 14.6 Å². The van der Waals surface area contributed by atoms with Crippen LogP contribution in [-0.4, -0.2) is 89.5 Å². The molecule has 5 rings (SSSR count). The molecule has 0 aromatic heterocycles. The molecule has 1 spiro atoms. The molecule has 2 fully saturated rings. The third kappa shape index (κ3) is 8.00. The van der Waals surface area contributed by atoms with Crippen molar-refractivity contribution in [3.8, 4) is 5.75 Å². The summed E-state index contributed by atoms with van der Waals surface area (Å²) in [5.74, 6) is -2.07. The maximum Gasteiger partial charge on any atom is 0.427 e. The number of likely N-dealkylation sites (tertiary alicyclic amines) is 1. The Hall–Kier alpha value is -3.96. The number of piperidine rings is 2. The summed E-state index contributed by atoms with van der Waals surface area (Å²) in [4.78, 5) is 32.4. The molecule has 3 heterocycles. The van der Waals surface area contributed by atoms with Gasteiger partial charge in [0.2, 0.25) is 10.0 Å². The van der Waals surface area contributed by atoms with E-state index >= 15 is 0 Å². The number of amides is 2. The Labute approximate surface area is 297 Å². The van der Waals surface area contributed by atoms with Gasteiger partial charge in [-0.2, -0.15) is 30.6 Å². The molecule has 0 atom stereocenters. The monoisotopic (exact) mass is 758 g/mol. The molecule has 0 saturated carbocycles. The zero-order valence-corrected chi connectivity index (χ0v) is 30.0. The number of carbonyl (C=O) groups is 2. The number of hydrogen-bond donors (Lipinski definition) is 2. The molecule has 0 radical (unpaired) electrons. The number of halogens is 6. The summed E-state index contributed by atoms with van der Waals surface area (Å²) >= 11 is 0. The fourth-order valence-electron chi connectivity index (χ4n) is 6.40. The fraction of sp³-hybridized carbons (Fsp3) is 0.514. The van der Waals surface area contributed by atoms with Gasteiger partial charge in [-0.15, -0.1) is 0 Å². The minimum absolute atomic E-state index is 0.0682. The zero-order valence-electron chi connectivity index (χ0n) is 29.2. The Morgan fingerprint density at radius 1 is 0.962 bits per heavy atom. The number of nitrogens with zero attached hydrogens (tertiary/aromatic N) is 3. The van der Waals surface area contributed by atoms with E-state index in [1.807, 2.05) is 0 Å². The highest BCUT2D eigenvalue weighted by atomic mass is 32.2. The second-order valence-corrected chi connectivity index (χ2v) is 16.1. The van der Waals surface area contributed by atoms with Crippen LogP contribution in [0.5, 0.6) is 5.75 Å². The first-order chi connectivity index (χ1) is 23.8. The van der Waals surface area contributed by atoms with Crippen molar-refractivity contribution in [1.29, 1.82) is 0 Å². The van der Waals surface area contributed by atoms with Crippen LogP contribution in [0.3, 0.4) is 0 Å². The SMILES string of the molecule is Cc1cc(C(=O)N2CCC(C)(O)CC2)cc(C)c1C=CS(=O)(=O)N1CCC2(CC1)N=C(c1ccc(C(F)(F)F)c(OC(C)(C)C(F)(F)F)c1)NC2=O. The van der Waals surface area contributed by atoms with Gasteiger partial charge in [-0.1, -0.05) is 6.07 Å². The van der Waals surface area contributed by atoms with Gasteiger partial charge < -0.3 is 20.1 Å². The van der Waals surface area contributed by atoms with Gasteiger partial charge in [0, 0.05) is 42.7 Å². The van der Waals surface area contributed by atoms with E-state index in [1.165, 1.54) is 10.4 Å². The quantitative estimate of drug-likeness (QED) is 0.347. The molecule has 284 valence electrons. The second-order valence-electron chi connectivity index (χ2n) is 14.3. The molecule has 2 N–H and O–H groups in total. The van der Waals surface area contributed by atoms with Crippen LogP contribution >= 0.6 is 0 Å². The number of nitrogens with one attached hydrogen (secondary N) is 1. The number of amidine groups is 1. The standard InChI is InChI=1S/C35H40F6N4O6S/c1-21-18-24(29(46)44-13-9-32(5,48)10-14-44)19-22(2)25(21)8-17-52(49,50)45-15-11-33(12-16-45)30(47)42-28(43-33)23-6-7-26(34(36,37)38)27(20-23)51-31(3,4)35(39,40)41/h6-8,17-20,48H,9-16H2,1-5H3,(H,42,43,47). The average molecular weight is 759 g/mol. The molecule has 3 aliphatic heterocycles. The third-order valence-electron chi connectivity index (χ3n) is 9.87. The lowest BCUT2D eigenvalue weighted by Gasteiger charge is -2.36. The topological polar surface area (TPSA) is 129 Å². The Morgan fingerprint density at radius 3 is 2.08 bits per heavy atom. The molecular weight excluding hydrogens is 718 g/mol. The first-order valence-corrected chi connectivity index (χ1v) is 18.0. The highest BCUT2D eigenvalue weighted by molar-refractivity contribution is 7.92. The lowest BCUT2D eigenvalue weighted by molar-refractivity contribution is -0.236. The molecule has 0 bridgehead atoms. The second kappa shape index (κ2) is 13.5. The van der Waals surface area contributed by atoms with Gasteiger partial charge in [0.1, 0.15) is 17.1 Å². The van der Waals surface area contributed by atoms with Crippen molar-refractivity contribution in [3.63, 3.8) is 0 Å². The maximum atomic E-state index is 13.7. The van der Waals surface area contributed by atoms with Crippen LogP contribution in [0.2, 0.25) is 0 Å². The van der Waals surface area contributed by atoms with Crippen molar-refractivity contribution in [2.24, 2.45) is 4.99 Å². The smallest absolute Gasteiger partial charge is 0.427 e. The number of aliphatic hydroxyl groups is 1. The highest BCUT2D eigenvalue weighted by Crippen LogP contribution is 2.42. The molecule has 2 saturated heterocycles. The van der Waals surface area contributed by atoms with E-state index in [2.05, 4.69) is 10.3 Å². The molecule has 0 aliphatic carbocycles. The average Bonchev–Trinajstić information content (AvgIpc) is 3.33. The predicted molar refractivity (Wildman–Crippen MR) is 180 cm³/mol. The van der Waals surface area contributed by atoms with E-state index in [4.69, 9.17) is 4.74 Å². The molecule has 2 aromatic carbocycles. The Kier molecular flexibility index (Phi) is 10.2. The normalized spacial score (nSPS) is 20.0. The lowest BCUT2D eigenvalue weighted by Crippen LogP contribution is -2.50. The molecule has 3 aliphatic rings. The number of sulfonamides is 1. The summed E-state index contributed by atoms with van der Waals surface area (Å²) in [6.45, 7) is 7.05. The molecule has 0 unspecified atom stereocenters. The molecule has 52 heavy (non-hydrogen) atoms. The first-order valence-electron chi connectivity index (χ1n) is 16.5. The highest BCUT2D eigenvalue weighted by Gasteiger charge is 2.51. The predicted octanol–water partition coefficient (Wildman–Crippen LogP) is 5.74. The number of rotatable bonds is 7. The Balaban J connectivity index is 1.30. The maximum absolute atomic E-state index is 13.7. The Bertz CT molecular complexity index is 1900. The number of alkyl halides is 6. The van der Waals surface area contributed by atoms with Crippen molar-refractivity contribution in [2.75, 3.05) is 26.2 Å². The first kappa shape index (κ1) is 39.3. The summed E-state index contributed by atoms with van der Waals surface area (Å²) in [5.41, 5.74) is -4.36. The number of carbonyl (C=O) groups excluding carboxylic acids is 2. The van der Waals surface area contributed by atoms with Crippen LogP contribution in [-0.2, 0) is 21.0 Å². The molecular formula is C35H40F6N4O6S. The molecule has 10 nitrogen and oxygen atoms in total. The van der Waals surface area contributed by atoms with E-state index in [9.17, 15) is 49.5 Å². The zero-order chi connectivity index (χ0) is 38.7. The van der Waals surface area contributed by atoms with E-state index in [1.54, 1.807) is 37.8 Å². The van der Waals surface area contributed by atoms with Crippen LogP contribution in [0.4, 0.5) is 26.3 Å². The van der Waals surface area contributed by atoms with Gasteiger partial charge >= 0.3 is 12.4 Å². The molecule has 2 amide bonds. The van der Waals surface area contributed by atoms with Crippen LogP contribution < -0.4 is 10.1 Å². The van der Waals surface area contributed by atoms with Crippen molar-refractivity contribution in [1.82, 2.24) is 14.5 Å². The largest absolute Gasteiger partial charge is 0.478 e. The van der Waals surface area contributed by atoms with Gasteiger partial charge in [0.05, 0.1) is 11.2 Å². The van der Waals surface area contributed by atoms with Crippen LogP contribution in [0.25, 0.3) is 6.08 Å². The van der Waals surface area contributed by atoms with Gasteiger partial charge in [0.25, 0.3) is 11.8 Å². The summed E-state index contributed by atoms with van der Waals surface area (Å²) in [6.07, 6.45) is -7.80. The van der Waals surface area contributed by atoms with E-state index in [0.29, 0.717) is 68.1 Å². The lowest BCUT2D eigenvalue weighted by atomic mass is 9.89. The summed E-state index contributed by atoms with van der Waals surface area (Å²) in [7, 11) is -3.99. The number of hydrogen-bond acceptors (Lipinski definition) is 7. The van der Waals surface area contributed by atoms with Crippen molar-refractivity contribution >= 4 is 33.7 Å². The van der Waals surface area contributed by atoms with Crippen molar-refractivity contribution in [2.45, 2.75) is 89.4 Å². The Morgan fingerprint density at radius 2 is 1.54 bits per heavy atom. The van der Waals surface area contributed by atoms with Crippen molar-refractivity contribution in [3.05, 3.63) is 69.1 Å². The minimum atomic E-state index is -5.04. The number of aliphatic imine (C=N–C) groups is 1. The van der Waals surface area contributed by atoms with E-state index in [-0.39, 0.29) is 43.2 Å². The number of ether oxygens (including phenoxy) is 1. The third-order valence-corrected chi connectivity index (χ3v) is 11.4. The fourth-order valence-corrected chi connectivity index (χ4v) is 7.57. The number of benzene rings is 2. The molecule has 2 aromatic rings. The molecule has 17 heteroatoms. The van der Waals surface area contributed by atoms with Gasteiger partial charge in [0.15, 0.2) is 5.60 Å². The van der Waals surface area contributed by atoms with Crippen LogP contribution in [0, 0.1) is 13.8 Å². The van der Waals surface area contributed by atoms with Gasteiger partial charge in [-0.25, -0.2) is 8.42 Å². The van der Waals surface area contributed by atoms with Crippen LogP contribution in [0.1, 0.15) is 84.6 Å². The summed E-state index contributed by atoms with van der Waals surface area (Å²) < 4.78 is 114. The number of aryl methyl sites for hydroxylation is 2. The van der Waals surface area contributed by atoms with Crippen molar-refractivity contribution < 1.29 is 54.2 Å². The van der Waals surface area contributed by atoms with Crippen LogP contribution in [0.15, 0.2) is 40.7 Å². The minimum Gasteiger partial charge on any atom is -0.478 e. The summed E-state index contributed by atoms with van der Waals surface area (Å²) in [6, 6.07) is 5.63.